The molecule has 0 saturated carbocycles. The number of rotatable bonds is 6. The lowest BCUT2D eigenvalue weighted by Gasteiger charge is -2.25. The van der Waals surface area contributed by atoms with E-state index in [0.717, 1.165) is 0 Å². The van der Waals surface area contributed by atoms with Gasteiger partial charge in [-0.25, -0.2) is 4.79 Å². The standard InChI is InChI=1S/C13H23N5O3/c1-13(2,3)6-9(5-11(19)20)16-12(21)14-7-10-17-15-8-18(10)4/h8-9H,5-7H2,1-4H3,(H,19,20)(H2,14,16,21). The van der Waals surface area contributed by atoms with Crippen LogP contribution in [0, 0.1) is 5.41 Å². The van der Waals surface area contributed by atoms with Crippen LogP contribution in [0.25, 0.3) is 0 Å². The Kier molecular flexibility index (Phi) is 5.69. The number of carboxylic acid groups (broad SMARTS) is 1. The molecule has 1 heterocycles. The number of carbonyl (C=O) groups is 2. The zero-order chi connectivity index (χ0) is 16.0. The molecule has 0 aliphatic carbocycles. The van der Waals surface area contributed by atoms with Gasteiger partial charge in [-0.3, -0.25) is 4.79 Å². The van der Waals surface area contributed by atoms with Gasteiger partial charge in [0.15, 0.2) is 5.82 Å². The highest BCUT2D eigenvalue weighted by Crippen LogP contribution is 2.22. The first-order chi connectivity index (χ1) is 9.67. The van der Waals surface area contributed by atoms with Gasteiger partial charge in [-0.1, -0.05) is 20.8 Å². The average molecular weight is 297 g/mol. The van der Waals surface area contributed by atoms with Crippen LogP contribution in [-0.4, -0.2) is 37.9 Å². The van der Waals surface area contributed by atoms with E-state index in [4.69, 9.17) is 5.11 Å². The number of aliphatic carboxylic acids is 1. The van der Waals surface area contributed by atoms with E-state index in [0.29, 0.717) is 12.2 Å². The van der Waals surface area contributed by atoms with E-state index in [1.165, 1.54) is 0 Å². The summed E-state index contributed by atoms with van der Waals surface area (Å²) in [7, 11) is 1.78. The first-order valence-electron chi connectivity index (χ1n) is 6.76. The highest BCUT2D eigenvalue weighted by atomic mass is 16.4. The van der Waals surface area contributed by atoms with Crippen LogP contribution in [0.1, 0.15) is 39.4 Å². The van der Waals surface area contributed by atoms with Crippen molar-refractivity contribution in [1.82, 2.24) is 25.4 Å². The minimum Gasteiger partial charge on any atom is -0.481 e. The fourth-order valence-corrected chi connectivity index (χ4v) is 1.99. The first kappa shape index (κ1) is 16.9. The number of urea groups is 1. The van der Waals surface area contributed by atoms with Gasteiger partial charge in [-0.05, 0) is 11.8 Å². The van der Waals surface area contributed by atoms with Gasteiger partial charge < -0.3 is 20.3 Å². The van der Waals surface area contributed by atoms with E-state index < -0.39 is 18.0 Å². The van der Waals surface area contributed by atoms with Crippen molar-refractivity contribution in [2.24, 2.45) is 12.5 Å². The molecule has 0 fully saturated rings. The molecular formula is C13H23N5O3. The maximum Gasteiger partial charge on any atom is 0.315 e. The number of hydrogen-bond acceptors (Lipinski definition) is 4. The van der Waals surface area contributed by atoms with Crippen LogP contribution in [-0.2, 0) is 18.4 Å². The number of amides is 2. The van der Waals surface area contributed by atoms with Gasteiger partial charge in [0.05, 0.1) is 13.0 Å². The molecule has 2 amide bonds. The van der Waals surface area contributed by atoms with E-state index in [1.807, 2.05) is 20.8 Å². The largest absolute Gasteiger partial charge is 0.481 e. The van der Waals surface area contributed by atoms with Crippen molar-refractivity contribution in [2.75, 3.05) is 0 Å². The van der Waals surface area contributed by atoms with E-state index >= 15 is 0 Å². The summed E-state index contributed by atoms with van der Waals surface area (Å²) in [6, 6.07) is -0.824. The van der Waals surface area contributed by atoms with Crippen molar-refractivity contribution < 1.29 is 14.7 Å². The fraction of sp³-hybridized carbons (Fsp3) is 0.692. The van der Waals surface area contributed by atoms with Crippen molar-refractivity contribution >= 4 is 12.0 Å². The SMILES string of the molecule is Cn1cnnc1CNC(=O)NC(CC(=O)O)CC(C)(C)C. The second-order valence-electron chi connectivity index (χ2n) is 6.24. The van der Waals surface area contributed by atoms with Crippen LogP contribution in [0.2, 0.25) is 0 Å². The van der Waals surface area contributed by atoms with Gasteiger partial charge in [-0.2, -0.15) is 0 Å². The van der Waals surface area contributed by atoms with Gasteiger partial charge in [-0.15, -0.1) is 10.2 Å². The summed E-state index contributed by atoms with van der Waals surface area (Å²) in [5.74, 6) is -0.311. The first-order valence-corrected chi connectivity index (χ1v) is 6.76. The van der Waals surface area contributed by atoms with Crippen LogP contribution < -0.4 is 10.6 Å². The van der Waals surface area contributed by atoms with Crippen molar-refractivity contribution in [3.63, 3.8) is 0 Å². The number of aromatic nitrogens is 3. The Morgan fingerprint density at radius 3 is 2.57 bits per heavy atom. The second kappa shape index (κ2) is 7.05. The molecule has 3 N–H and O–H groups in total. The van der Waals surface area contributed by atoms with E-state index in [2.05, 4.69) is 20.8 Å². The van der Waals surface area contributed by atoms with Crippen LogP contribution in [0.5, 0.6) is 0 Å². The molecule has 0 aliphatic rings. The Bertz CT molecular complexity index is 492. The van der Waals surface area contributed by atoms with Crippen molar-refractivity contribution in [2.45, 2.75) is 46.2 Å². The summed E-state index contributed by atoms with van der Waals surface area (Å²) < 4.78 is 1.70. The van der Waals surface area contributed by atoms with Crippen LogP contribution in [0.3, 0.4) is 0 Å². The second-order valence-corrected chi connectivity index (χ2v) is 6.24. The molecule has 1 unspecified atom stereocenters. The number of carbonyl (C=O) groups excluding carboxylic acids is 1. The van der Waals surface area contributed by atoms with Crippen molar-refractivity contribution in [3.8, 4) is 0 Å². The van der Waals surface area contributed by atoms with Crippen molar-refractivity contribution in [1.29, 1.82) is 0 Å². The molecule has 21 heavy (non-hydrogen) atoms. The summed E-state index contributed by atoms with van der Waals surface area (Å²) in [4.78, 5) is 22.7. The molecule has 0 aromatic carbocycles. The fourth-order valence-electron chi connectivity index (χ4n) is 1.99. The molecular weight excluding hydrogens is 274 g/mol. The Balaban J connectivity index is 2.51. The van der Waals surface area contributed by atoms with Gasteiger partial charge >= 0.3 is 12.0 Å². The monoisotopic (exact) mass is 297 g/mol. The maximum absolute atomic E-state index is 11.9. The zero-order valence-corrected chi connectivity index (χ0v) is 12.9. The number of aryl methyl sites for hydroxylation is 1. The Morgan fingerprint density at radius 2 is 2.10 bits per heavy atom. The normalized spacial score (nSPS) is 12.8. The lowest BCUT2D eigenvalue weighted by Crippen LogP contribution is -2.44. The third kappa shape index (κ3) is 6.73. The number of nitrogens with zero attached hydrogens (tertiary/aromatic N) is 3. The zero-order valence-electron chi connectivity index (χ0n) is 12.9. The molecule has 1 aromatic heterocycles. The molecule has 0 radical (unpaired) electrons. The third-order valence-corrected chi connectivity index (χ3v) is 2.83. The molecule has 8 nitrogen and oxygen atoms in total. The average Bonchev–Trinajstić information content (AvgIpc) is 2.69. The number of carboxylic acids is 1. The Hall–Kier alpha value is -2.12. The summed E-state index contributed by atoms with van der Waals surface area (Å²) in [5, 5.41) is 21.8. The Labute approximate surface area is 123 Å². The van der Waals surface area contributed by atoms with E-state index in [1.54, 1.807) is 17.9 Å². The van der Waals surface area contributed by atoms with Gasteiger partial charge in [0.25, 0.3) is 0 Å². The molecule has 8 heteroatoms. The van der Waals surface area contributed by atoms with Gasteiger partial charge in [0, 0.05) is 13.1 Å². The van der Waals surface area contributed by atoms with Crippen molar-refractivity contribution in [3.05, 3.63) is 12.2 Å². The van der Waals surface area contributed by atoms with E-state index in [9.17, 15) is 9.59 Å². The molecule has 0 aliphatic heterocycles. The topological polar surface area (TPSA) is 109 Å². The lowest BCUT2D eigenvalue weighted by molar-refractivity contribution is -0.137. The molecule has 0 saturated heterocycles. The van der Waals surface area contributed by atoms with Crippen LogP contribution >= 0.6 is 0 Å². The minimum atomic E-state index is -0.933. The van der Waals surface area contributed by atoms with Crippen LogP contribution in [0.15, 0.2) is 6.33 Å². The third-order valence-electron chi connectivity index (χ3n) is 2.83. The molecule has 1 rings (SSSR count). The van der Waals surface area contributed by atoms with Gasteiger partial charge in [0.1, 0.15) is 6.33 Å². The number of nitrogens with one attached hydrogen (secondary N) is 2. The molecule has 118 valence electrons. The Morgan fingerprint density at radius 1 is 1.43 bits per heavy atom. The number of hydrogen-bond donors (Lipinski definition) is 3. The molecule has 1 atom stereocenters. The summed E-state index contributed by atoms with van der Waals surface area (Å²) in [6.45, 7) is 6.24. The molecule has 0 spiro atoms. The highest BCUT2D eigenvalue weighted by molar-refractivity contribution is 5.75. The predicted octanol–water partition coefficient (Wildman–Crippen LogP) is 0.894. The summed E-state index contributed by atoms with van der Waals surface area (Å²) in [5.41, 5.74) is -0.0724. The molecule has 0 bridgehead atoms. The lowest BCUT2D eigenvalue weighted by atomic mass is 9.87. The smallest absolute Gasteiger partial charge is 0.315 e. The molecule has 1 aromatic rings. The highest BCUT2D eigenvalue weighted by Gasteiger charge is 2.22. The summed E-state index contributed by atoms with van der Waals surface area (Å²) in [6.07, 6.45) is 2.02. The van der Waals surface area contributed by atoms with E-state index in [-0.39, 0.29) is 18.4 Å². The minimum absolute atomic E-state index is 0.0724. The quantitative estimate of drug-likeness (QED) is 0.722. The van der Waals surface area contributed by atoms with Crippen LogP contribution in [0.4, 0.5) is 4.79 Å². The van der Waals surface area contributed by atoms with Gasteiger partial charge in [0.2, 0.25) is 0 Å². The maximum atomic E-state index is 11.9. The summed E-state index contributed by atoms with van der Waals surface area (Å²) >= 11 is 0. The predicted molar refractivity (Wildman–Crippen MR) is 76.5 cm³/mol.